The predicted octanol–water partition coefficient (Wildman–Crippen LogP) is 2.91. The highest BCUT2D eigenvalue weighted by molar-refractivity contribution is 7.17. The number of amides is 1. The highest BCUT2D eigenvalue weighted by Crippen LogP contribution is 2.29. The number of esters is 1. The van der Waals surface area contributed by atoms with Crippen molar-refractivity contribution in [1.82, 2.24) is 20.3 Å². The van der Waals surface area contributed by atoms with Gasteiger partial charge >= 0.3 is 5.97 Å². The lowest BCUT2D eigenvalue weighted by atomic mass is 10.0. The number of rotatable bonds is 6. The molecule has 3 rings (SSSR count). The fraction of sp³-hybridized carbons (Fsp3) is 0.556. The number of nitrogens with zero attached hydrogens (tertiary/aromatic N) is 3. The van der Waals surface area contributed by atoms with Gasteiger partial charge in [-0.3, -0.25) is 4.79 Å². The zero-order valence-electron chi connectivity index (χ0n) is 16.4. The van der Waals surface area contributed by atoms with Crippen molar-refractivity contribution in [2.45, 2.75) is 45.8 Å². The Hall–Kier alpha value is -2.20. The van der Waals surface area contributed by atoms with Crippen LogP contribution in [0.5, 0.6) is 0 Å². The van der Waals surface area contributed by atoms with Crippen molar-refractivity contribution in [2.75, 3.05) is 24.6 Å². The Balaban J connectivity index is 1.62. The van der Waals surface area contributed by atoms with E-state index in [-0.39, 0.29) is 24.1 Å². The molecule has 2 aromatic heterocycles. The maximum atomic E-state index is 14.8. The van der Waals surface area contributed by atoms with Gasteiger partial charge < -0.3 is 19.9 Å². The molecule has 158 valence electrons. The van der Waals surface area contributed by atoms with E-state index in [1.807, 2.05) is 6.92 Å². The minimum Gasteiger partial charge on any atom is -0.462 e. The standard InChI is InChI=1S/C18H23ClFN5O3S/c1-4-11-14(19)24-15(22-11)16(26)23-12-6-7-25(8-10(12)20)18-21-9(3)13(29-18)17(27)28-5-2/h10,12H,4-8H2,1-3H3,(H,22,24)(H,23,26)/t10-,12-/m1/s1. The van der Waals surface area contributed by atoms with Crippen molar-refractivity contribution in [3.63, 3.8) is 0 Å². The summed E-state index contributed by atoms with van der Waals surface area (Å²) in [4.78, 5) is 37.8. The molecule has 0 aliphatic carbocycles. The maximum Gasteiger partial charge on any atom is 0.350 e. The molecule has 1 fully saturated rings. The number of thiazole rings is 1. The Labute approximate surface area is 176 Å². The lowest BCUT2D eigenvalue weighted by molar-refractivity contribution is 0.0531. The van der Waals surface area contributed by atoms with Crippen molar-refractivity contribution < 1.29 is 18.7 Å². The summed E-state index contributed by atoms with van der Waals surface area (Å²) < 4.78 is 19.8. The van der Waals surface area contributed by atoms with Crippen molar-refractivity contribution in [1.29, 1.82) is 0 Å². The molecule has 0 unspecified atom stereocenters. The number of hydrogen-bond acceptors (Lipinski definition) is 7. The molecule has 0 radical (unpaired) electrons. The lowest BCUT2D eigenvalue weighted by Gasteiger charge is -2.34. The van der Waals surface area contributed by atoms with E-state index in [0.29, 0.717) is 40.8 Å². The highest BCUT2D eigenvalue weighted by atomic mass is 35.5. The summed E-state index contributed by atoms with van der Waals surface area (Å²) in [5.41, 5.74) is 1.23. The molecular weight excluding hydrogens is 421 g/mol. The number of aryl methyl sites for hydroxylation is 2. The van der Waals surface area contributed by atoms with Crippen LogP contribution in [0, 0.1) is 6.92 Å². The largest absolute Gasteiger partial charge is 0.462 e. The number of H-pyrrole nitrogens is 1. The van der Waals surface area contributed by atoms with Crippen LogP contribution in [0.15, 0.2) is 0 Å². The van der Waals surface area contributed by atoms with Gasteiger partial charge in [-0.05, 0) is 26.7 Å². The SMILES string of the molecule is CCOC(=O)c1sc(N2CC[C@@H](NC(=O)c3nc(Cl)c(CC)[nH]3)[C@H](F)C2)nc1C. The van der Waals surface area contributed by atoms with E-state index < -0.39 is 24.1 Å². The molecule has 0 aromatic carbocycles. The van der Waals surface area contributed by atoms with E-state index in [4.69, 9.17) is 16.3 Å². The predicted molar refractivity (Wildman–Crippen MR) is 109 cm³/mol. The van der Waals surface area contributed by atoms with E-state index >= 15 is 0 Å². The van der Waals surface area contributed by atoms with E-state index in [9.17, 15) is 14.0 Å². The number of alkyl halides is 1. The zero-order valence-corrected chi connectivity index (χ0v) is 18.0. The van der Waals surface area contributed by atoms with Gasteiger partial charge in [0.25, 0.3) is 5.91 Å². The third-order valence-corrected chi connectivity index (χ3v) is 6.18. The van der Waals surface area contributed by atoms with Crippen molar-refractivity contribution in [3.05, 3.63) is 27.2 Å². The van der Waals surface area contributed by atoms with Crippen LogP contribution in [0.2, 0.25) is 5.15 Å². The molecule has 2 aromatic rings. The molecule has 11 heteroatoms. The van der Waals surface area contributed by atoms with Gasteiger partial charge in [0.1, 0.15) is 11.0 Å². The third kappa shape index (κ3) is 4.69. The van der Waals surface area contributed by atoms with E-state index in [1.165, 1.54) is 11.3 Å². The summed E-state index contributed by atoms with van der Waals surface area (Å²) in [5.74, 6) is -0.824. The second-order valence-corrected chi connectivity index (χ2v) is 8.01. The van der Waals surface area contributed by atoms with E-state index in [1.54, 1.807) is 18.7 Å². The van der Waals surface area contributed by atoms with Crippen LogP contribution in [0.3, 0.4) is 0 Å². The zero-order chi connectivity index (χ0) is 21.1. The number of aromatic amines is 1. The van der Waals surface area contributed by atoms with E-state index in [0.717, 1.165) is 0 Å². The minimum absolute atomic E-state index is 0.0687. The van der Waals surface area contributed by atoms with Crippen LogP contribution in [-0.2, 0) is 11.2 Å². The number of ether oxygens (including phenoxy) is 1. The quantitative estimate of drug-likeness (QED) is 0.666. The van der Waals surface area contributed by atoms with Gasteiger partial charge in [0.15, 0.2) is 16.1 Å². The summed E-state index contributed by atoms with van der Waals surface area (Å²) >= 11 is 7.15. The summed E-state index contributed by atoms with van der Waals surface area (Å²) in [6.07, 6.45) is -0.279. The van der Waals surface area contributed by atoms with Crippen molar-refractivity contribution in [3.8, 4) is 0 Å². The molecule has 1 saturated heterocycles. The monoisotopic (exact) mass is 443 g/mol. The number of hydrogen-bond donors (Lipinski definition) is 2. The fourth-order valence-electron chi connectivity index (χ4n) is 3.11. The number of imidazole rings is 1. The first-order valence-corrected chi connectivity index (χ1v) is 10.6. The maximum absolute atomic E-state index is 14.8. The molecule has 2 atom stereocenters. The molecule has 0 bridgehead atoms. The van der Waals surface area contributed by atoms with Gasteiger partial charge in [0, 0.05) is 6.54 Å². The summed E-state index contributed by atoms with van der Waals surface area (Å²) in [7, 11) is 0. The first kappa shape index (κ1) is 21.5. The van der Waals surface area contributed by atoms with Crippen LogP contribution < -0.4 is 10.2 Å². The van der Waals surface area contributed by atoms with Crippen molar-refractivity contribution >= 4 is 39.9 Å². The van der Waals surface area contributed by atoms with Crippen LogP contribution >= 0.6 is 22.9 Å². The van der Waals surface area contributed by atoms with Gasteiger partial charge in [0.05, 0.1) is 30.6 Å². The summed E-state index contributed by atoms with van der Waals surface area (Å²) in [5, 5.41) is 3.51. The normalized spacial score (nSPS) is 19.3. The number of nitrogens with one attached hydrogen (secondary N) is 2. The number of piperidine rings is 1. The van der Waals surface area contributed by atoms with E-state index in [2.05, 4.69) is 20.3 Å². The summed E-state index contributed by atoms with van der Waals surface area (Å²) in [6, 6.07) is -0.640. The number of halogens is 2. The van der Waals surface area contributed by atoms with Gasteiger partial charge in [-0.1, -0.05) is 29.9 Å². The molecule has 8 nitrogen and oxygen atoms in total. The molecule has 0 spiro atoms. The number of carbonyl (C=O) groups excluding carboxylic acids is 2. The first-order valence-electron chi connectivity index (χ1n) is 9.42. The first-order chi connectivity index (χ1) is 13.8. The Kier molecular flexibility index (Phi) is 6.74. The summed E-state index contributed by atoms with van der Waals surface area (Å²) in [6.45, 7) is 6.21. The number of aromatic nitrogens is 3. The van der Waals surface area contributed by atoms with Crippen LogP contribution in [0.4, 0.5) is 9.52 Å². The second kappa shape index (κ2) is 9.08. The molecule has 3 heterocycles. The molecule has 2 N–H and O–H groups in total. The molecule has 1 amide bonds. The molecule has 1 aliphatic heterocycles. The number of carbonyl (C=O) groups is 2. The Morgan fingerprint density at radius 3 is 2.79 bits per heavy atom. The molecule has 0 saturated carbocycles. The molecule has 29 heavy (non-hydrogen) atoms. The molecular formula is C18H23ClFN5O3S. The smallest absolute Gasteiger partial charge is 0.350 e. The fourth-order valence-corrected chi connectivity index (χ4v) is 4.37. The van der Waals surface area contributed by atoms with Gasteiger partial charge in [-0.25, -0.2) is 19.2 Å². The lowest BCUT2D eigenvalue weighted by Crippen LogP contribution is -2.52. The van der Waals surface area contributed by atoms with Crippen LogP contribution in [0.25, 0.3) is 0 Å². The average molecular weight is 444 g/mol. The second-order valence-electron chi connectivity index (χ2n) is 6.67. The Morgan fingerprint density at radius 2 is 2.17 bits per heavy atom. The van der Waals surface area contributed by atoms with Gasteiger partial charge in [-0.15, -0.1) is 0 Å². The minimum atomic E-state index is -1.29. The van der Waals surface area contributed by atoms with Gasteiger partial charge in [-0.2, -0.15) is 0 Å². The molecule has 1 aliphatic rings. The third-order valence-electron chi connectivity index (χ3n) is 4.67. The topological polar surface area (TPSA) is 100 Å². The Bertz CT molecular complexity index is 902. The van der Waals surface area contributed by atoms with Crippen molar-refractivity contribution in [2.24, 2.45) is 0 Å². The van der Waals surface area contributed by atoms with Crippen LogP contribution in [-0.4, -0.2) is 58.7 Å². The Morgan fingerprint density at radius 1 is 1.41 bits per heavy atom. The number of anilines is 1. The highest BCUT2D eigenvalue weighted by Gasteiger charge is 2.33. The average Bonchev–Trinajstić information content (AvgIpc) is 3.26. The van der Waals surface area contributed by atoms with Gasteiger partial charge in [0.2, 0.25) is 0 Å². The van der Waals surface area contributed by atoms with Crippen LogP contribution in [0.1, 0.15) is 51.9 Å².